The third-order valence-electron chi connectivity index (χ3n) is 6.82. The number of nitrogens with one attached hydrogen (secondary N) is 1. The molecule has 2 aromatic carbocycles. The number of amides is 1. The monoisotopic (exact) mass is 552 g/mol. The Kier molecular flexibility index (Phi) is 7.43. The van der Waals surface area contributed by atoms with Gasteiger partial charge >= 0.3 is 5.97 Å². The van der Waals surface area contributed by atoms with E-state index < -0.39 is 41.4 Å². The highest BCUT2D eigenvalue weighted by atomic mass is 19.1. The number of hydrogen-bond donors (Lipinski definition) is 2. The normalized spacial score (nSPS) is 16.2. The first-order chi connectivity index (χ1) is 18.8. The number of rotatable bonds is 8. The molecule has 0 saturated heterocycles. The summed E-state index contributed by atoms with van der Waals surface area (Å²) in [6.45, 7) is 5.05. The van der Waals surface area contributed by atoms with Gasteiger partial charge in [-0.05, 0) is 29.2 Å². The van der Waals surface area contributed by atoms with E-state index in [1.807, 2.05) is 26.8 Å². The zero-order valence-corrected chi connectivity index (χ0v) is 22.8. The number of carbonyl (C=O) groups is 3. The van der Waals surface area contributed by atoms with Crippen molar-refractivity contribution in [1.82, 2.24) is 4.90 Å². The predicted octanol–water partition coefficient (Wildman–Crippen LogP) is 3.26. The molecule has 0 radical (unpaired) electrons. The van der Waals surface area contributed by atoms with Crippen molar-refractivity contribution in [2.45, 2.75) is 45.3 Å². The summed E-state index contributed by atoms with van der Waals surface area (Å²) in [5.41, 5.74) is 0.815. The van der Waals surface area contributed by atoms with Crippen LogP contribution in [0.15, 0.2) is 18.2 Å². The number of ketones is 1. The second kappa shape index (κ2) is 10.5. The Morgan fingerprint density at radius 2 is 1.95 bits per heavy atom. The van der Waals surface area contributed by atoms with Crippen molar-refractivity contribution < 1.29 is 38.1 Å². The first kappa shape index (κ1) is 28.4. The molecule has 40 heavy (non-hydrogen) atoms. The Morgan fingerprint density at radius 3 is 2.52 bits per heavy atom. The molecule has 1 amide bonds. The van der Waals surface area contributed by atoms with Crippen molar-refractivity contribution in [2.75, 3.05) is 32.2 Å². The summed E-state index contributed by atoms with van der Waals surface area (Å²) in [4.78, 5) is 40.5. The average Bonchev–Trinajstić information content (AvgIpc) is 3.19. The number of Topliss-reactive ketones (excluding diaryl/α,β-unsaturated/α-hetero) is 1. The largest absolute Gasteiger partial charge is 0.493 e. The van der Waals surface area contributed by atoms with E-state index in [2.05, 4.69) is 0 Å². The Labute approximate surface area is 230 Å². The molecule has 1 unspecified atom stereocenters. The number of anilines is 1. The lowest BCUT2D eigenvalue weighted by molar-refractivity contribution is -0.142. The van der Waals surface area contributed by atoms with E-state index in [4.69, 9.17) is 19.6 Å². The van der Waals surface area contributed by atoms with Gasteiger partial charge in [-0.25, -0.2) is 4.39 Å². The minimum Gasteiger partial charge on any atom is -0.493 e. The SMILES string of the molecule is COc1cc2c(c(F)c1OC)C(=N)N(CC(=O)c1cc3c(c(C(C)(C)C)c1)OC(CC(=O)O)C(=O)N3CC#N)C2. The van der Waals surface area contributed by atoms with Crippen molar-refractivity contribution in [3.63, 3.8) is 0 Å². The molecule has 2 aliphatic heterocycles. The van der Waals surface area contributed by atoms with Crippen molar-refractivity contribution in [3.05, 3.63) is 46.3 Å². The van der Waals surface area contributed by atoms with Gasteiger partial charge in [0, 0.05) is 17.7 Å². The summed E-state index contributed by atoms with van der Waals surface area (Å²) in [7, 11) is 2.67. The molecule has 0 spiro atoms. The van der Waals surface area contributed by atoms with E-state index in [0.717, 1.165) is 4.90 Å². The lowest BCUT2D eigenvalue weighted by atomic mass is 9.83. The van der Waals surface area contributed by atoms with E-state index >= 15 is 4.39 Å². The number of carboxylic acid groups (broad SMARTS) is 1. The minimum atomic E-state index is -1.33. The molecule has 2 aromatic rings. The van der Waals surface area contributed by atoms with Crippen molar-refractivity contribution >= 4 is 29.2 Å². The van der Waals surface area contributed by atoms with Crippen LogP contribution < -0.4 is 19.1 Å². The van der Waals surface area contributed by atoms with Gasteiger partial charge in [0.2, 0.25) is 0 Å². The fraction of sp³-hybridized carbons (Fsp3) is 0.393. The van der Waals surface area contributed by atoms with Crippen LogP contribution in [0.3, 0.4) is 0 Å². The molecule has 2 N–H and O–H groups in total. The first-order valence-electron chi connectivity index (χ1n) is 12.4. The number of amidine groups is 1. The Bertz CT molecular complexity index is 1470. The molecule has 2 aliphatic rings. The lowest BCUT2D eigenvalue weighted by Gasteiger charge is -2.36. The van der Waals surface area contributed by atoms with Crippen molar-refractivity contribution in [3.8, 4) is 23.3 Å². The highest BCUT2D eigenvalue weighted by molar-refractivity contribution is 6.08. The maximum absolute atomic E-state index is 15.2. The molecule has 0 aliphatic carbocycles. The molecule has 11 nitrogen and oxygen atoms in total. The third kappa shape index (κ3) is 4.90. The summed E-state index contributed by atoms with van der Waals surface area (Å²) in [5, 5.41) is 27.2. The Balaban J connectivity index is 1.72. The number of nitrogens with zero attached hydrogens (tertiary/aromatic N) is 3. The topological polar surface area (TPSA) is 153 Å². The quantitative estimate of drug-likeness (QED) is 0.371. The van der Waals surface area contributed by atoms with E-state index in [0.29, 0.717) is 11.1 Å². The van der Waals surface area contributed by atoms with Crippen LogP contribution in [0.25, 0.3) is 0 Å². The lowest BCUT2D eigenvalue weighted by Crippen LogP contribution is -2.47. The molecule has 4 rings (SSSR count). The summed E-state index contributed by atoms with van der Waals surface area (Å²) in [6, 6.07) is 6.52. The van der Waals surface area contributed by atoms with E-state index in [-0.39, 0.29) is 59.5 Å². The highest BCUT2D eigenvalue weighted by Crippen LogP contribution is 2.44. The summed E-state index contributed by atoms with van der Waals surface area (Å²) in [5.74, 6) is -3.01. The van der Waals surface area contributed by atoms with Crippen LogP contribution in [0.1, 0.15) is 54.2 Å². The molecule has 1 atom stereocenters. The zero-order chi connectivity index (χ0) is 29.5. The van der Waals surface area contributed by atoms with Crippen LogP contribution >= 0.6 is 0 Å². The summed E-state index contributed by atoms with van der Waals surface area (Å²) >= 11 is 0. The maximum atomic E-state index is 15.2. The molecule has 210 valence electrons. The van der Waals surface area contributed by atoms with Crippen LogP contribution in [0.4, 0.5) is 10.1 Å². The molecule has 0 aromatic heterocycles. The van der Waals surface area contributed by atoms with Crippen LogP contribution in [0.5, 0.6) is 17.2 Å². The number of fused-ring (bicyclic) bond motifs is 2. The molecule has 0 fully saturated rings. The van der Waals surface area contributed by atoms with Crippen LogP contribution in [-0.2, 0) is 21.5 Å². The van der Waals surface area contributed by atoms with Crippen LogP contribution in [0, 0.1) is 22.6 Å². The first-order valence-corrected chi connectivity index (χ1v) is 12.4. The van der Waals surface area contributed by atoms with Gasteiger partial charge in [0.1, 0.15) is 18.1 Å². The second-order valence-electron chi connectivity index (χ2n) is 10.5. The smallest absolute Gasteiger partial charge is 0.307 e. The number of halogens is 1. The van der Waals surface area contributed by atoms with Gasteiger partial charge < -0.3 is 24.2 Å². The third-order valence-corrected chi connectivity index (χ3v) is 6.82. The number of aliphatic carboxylic acids is 1. The molecular formula is C28H29FN4O7. The number of benzene rings is 2. The number of ether oxygens (including phenoxy) is 3. The summed E-state index contributed by atoms with van der Waals surface area (Å²) in [6.07, 6.45) is -1.91. The van der Waals surface area contributed by atoms with Gasteiger partial charge in [-0.3, -0.25) is 24.7 Å². The highest BCUT2D eigenvalue weighted by Gasteiger charge is 2.40. The average molecular weight is 553 g/mol. The maximum Gasteiger partial charge on any atom is 0.307 e. The van der Waals surface area contributed by atoms with E-state index in [9.17, 15) is 24.8 Å². The van der Waals surface area contributed by atoms with E-state index in [1.54, 1.807) is 12.1 Å². The summed E-state index contributed by atoms with van der Waals surface area (Å²) < 4.78 is 31.4. The molecule has 12 heteroatoms. The van der Waals surface area contributed by atoms with Gasteiger partial charge in [-0.15, -0.1) is 0 Å². The fourth-order valence-corrected chi connectivity index (χ4v) is 4.89. The van der Waals surface area contributed by atoms with Crippen LogP contribution in [-0.4, -0.2) is 66.9 Å². The Hall–Kier alpha value is -4.66. The molecule has 0 bridgehead atoms. The fourth-order valence-electron chi connectivity index (χ4n) is 4.89. The van der Waals surface area contributed by atoms with Gasteiger partial charge in [-0.1, -0.05) is 20.8 Å². The molecule has 2 heterocycles. The second-order valence-corrected chi connectivity index (χ2v) is 10.5. The minimum absolute atomic E-state index is 0.0231. The molecular weight excluding hydrogens is 523 g/mol. The van der Waals surface area contributed by atoms with Crippen molar-refractivity contribution in [2.24, 2.45) is 0 Å². The zero-order valence-electron chi connectivity index (χ0n) is 22.8. The van der Waals surface area contributed by atoms with Crippen LogP contribution in [0.2, 0.25) is 0 Å². The number of hydrogen-bond acceptors (Lipinski definition) is 8. The van der Waals surface area contributed by atoms with Gasteiger partial charge in [-0.2, -0.15) is 5.26 Å². The number of carbonyl (C=O) groups excluding carboxylic acids is 2. The number of nitriles is 1. The Morgan fingerprint density at radius 1 is 1.25 bits per heavy atom. The van der Waals surface area contributed by atoms with Gasteiger partial charge in [0.25, 0.3) is 5.91 Å². The van der Waals surface area contributed by atoms with Gasteiger partial charge in [0.15, 0.2) is 29.2 Å². The molecule has 0 saturated carbocycles. The predicted molar refractivity (Wildman–Crippen MR) is 141 cm³/mol. The van der Waals surface area contributed by atoms with E-state index in [1.165, 1.54) is 25.2 Å². The van der Waals surface area contributed by atoms with Crippen molar-refractivity contribution in [1.29, 1.82) is 10.7 Å². The van der Waals surface area contributed by atoms with Gasteiger partial charge in [0.05, 0.1) is 44.5 Å². The standard InChI is InChI=1S/C28H29FN4O7/c1-28(2,3)16-8-14(9-17-24(16)40-20(11-21(35)36)27(37)33(17)7-6-30)18(34)13-32-12-15-10-19(38-4)25(39-5)23(29)22(15)26(32)31/h8-10,20,31H,7,11-13H2,1-5H3,(H,35,36). The number of methoxy groups -OCH3 is 2. The number of carboxylic acids is 1.